The third kappa shape index (κ3) is 4.63. The number of thioether (sulfide) groups is 1. The third-order valence-electron chi connectivity index (χ3n) is 3.80. The van der Waals surface area contributed by atoms with Gasteiger partial charge in [-0.2, -0.15) is 0 Å². The smallest absolute Gasteiger partial charge is 0.230 e. The lowest BCUT2D eigenvalue weighted by Gasteiger charge is -2.15. The van der Waals surface area contributed by atoms with E-state index in [0.29, 0.717) is 5.75 Å². The maximum atomic E-state index is 12.1. The van der Waals surface area contributed by atoms with Crippen molar-refractivity contribution in [1.29, 1.82) is 0 Å². The van der Waals surface area contributed by atoms with Crippen molar-refractivity contribution in [3.8, 4) is 0 Å². The Hall–Kier alpha value is -1.74. The molecule has 22 heavy (non-hydrogen) atoms. The summed E-state index contributed by atoms with van der Waals surface area (Å²) in [7, 11) is 0. The normalized spacial score (nSPS) is 12.0. The van der Waals surface area contributed by atoms with E-state index in [1.165, 1.54) is 16.7 Å². The minimum absolute atomic E-state index is 0.0328. The number of carbonyl (C=O) groups excluding carboxylic acids is 1. The number of amides is 1. The average Bonchev–Trinajstić information content (AvgIpc) is 2.49. The van der Waals surface area contributed by atoms with E-state index in [-0.39, 0.29) is 11.9 Å². The molecule has 2 nitrogen and oxygen atoms in total. The third-order valence-corrected chi connectivity index (χ3v) is 4.81. The lowest BCUT2D eigenvalue weighted by molar-refractivity contribution is -0.119. The molecule has 0 bridgehead atoms. The largest absolute Gasteiger partial charge is 0.349 e. The van der Waals surface area contributed by atoms with Gasteiger partial charge >= 0.3 is 0 Å². The molecule has 0 heterocycles. The summed E-state index contributed by atoms with van der Waals surface area (Å²) in [5, 5.41) is 3.06. The fourth-order valence-electron chi connectivity index (χ4n) is 2.18. The molecule has 116 valence electrons. The van der Waals surface area contributed by atoms with Crippen molar-refractivity contribution in [2.45, 2.75) is 38.6 Å². The molecule has 0 aromatic heterocycles. The Morgan fingerprint density at radius 1 is 1.05 bits per heavy atom. The fourth-order valence-corrected chi connectivity index (χ4v) is 2.89. The van der Waals surface area contributed by atoms with Gasteiger partial charge in [-0.15, -0.1) is 11.8 Å². The molecule has 0 radical (unpaired) electrons. The molecule has 1 unspecified atom stereocenters. The molecular formula is C19H23NOS. The van der Waals surface area contributed by atoms with Crippen molar-refractivity contribution in [3.63, 3.8) is 0 Å². The highest BCUT2D eigenvalue weighted by molar-refractivity contribution is 8.00. The lowest BCUT2D eigenvalue weighted by Crippen LogP contribution is -2.28. The van der Waals surface area contributed by atoms with E-state index < -0.39 is 0 Å². The van der Waals surface area contributed by atoms with Crippen LogP contribution >= 0.6 is 11.8 Å². The van der Waals surface area contributed by atoms with E-state index in [9.17, 15) is 4.79 Å². The van der Waals surface area contributed by atoms with Crippen molar-refractivity contribution in [2.24, 2.45) is 0 Å². The molecule has 1 amide bonds. The molecule has 1 atom stereocenters. The maximum Gasteiger partial charge on any atom is 0.230 e. The van der Waals surface area contributed by atoms with Gasteiger partial charge in [0.2, 0.25) is 5.91 Å². The van der Waals surface area contributed by atoms with Gasteiger partial charge < -0.3 is 5.32 Å². The van der Waals surface area contributed by atoms with Gasteiger partial charge in [0, 0.05) is 4.90 Å². The van der Waals surface area contributed by atoms with E-state index in [1.807, 2.05) is 6.92 Å². The lowest BCUT2D eigenvalue weighted by atomic mass is 10.0. The second kappa shape index (κ2) is 7.50. The molecule has 0 aliphatic heterocycles. The SMILES string of the molecule is Cc1ccc(SCC(=O)NC(C)c2ccc(C)c(C)c2)cc1. The van der Waals surface area contributed by atoms with Gasteiger partial charge in [-0.1, -0.05) is 35.9 Å². The van der Waals surface area contributed by atoms with Crippen molar-refractivity contribution >= 4 is 17.7 Å². The Morgan fingerprint density at radius 2 is 1.73 bits per heavy atom. The first-order valence-corrected chi connectivity index (χ1v) is 8.50. The number of benzene rings is 2. The monoisotopic (exact) mass is 313 g/mol. The summed E-state index contributed by atoms with van der Waals surface area (Å²) >= 11 is 1.57. The summed E-state index contributed by atoms with van der Waals surface area (Å²) in [6, 6.07) is 14.6. The van der Waals surface area contributed by atoms with Crippen LogP contribution in [-0.2, 0) is 4.79 Å². The van der Waals surface area contributed by atoms with Crippen LogP contribution in [0.4, 0.5) is 0 Å². The summed E-state index contributed by atoms with van der Waals surface area (Å²) in [5.41, 5.74) is 4.92. The van der Waals surface area contributed by atoms with E-state index in [0.717, 1.165) is 10.5 Å². The number of carbonyl (C=O) groups is 1. The van der Waals surface area contributed by atoms with Crippen molar-refractivity contribution in [2.75, 3.05) is 5.75 Å². The summed E-state index contributed by atoms with van der Waals surface area (Å²) < 4.78 is 0. The van der Waals surface area contributed by atoms with Crippen molar-refractivity contribution in [3.05, 3.63) is 64.7 Å². The van der Waals surface area contributed by atoms with Crippen LogP contribution in [0.15, 0.2) is 47.4 Å². The van der Waals surface area contributed by atoms with Gasteiger partial charge in [0.1, 0.15) is 0 Å². The Labute approximate surface area is 137 Å². The Bertz CT molecular complexity index is 649. The van der Waals surface area contributed by atoms with Crippen LogP contribution < -0.4 is 5.32 Å². The summed E-state index contributed by atoms with van der Waals surface area (Å²) in [4.78, 5) is 13.2. The van der Waals surface area contributed by atoms with Crippen LogP contribution in [0, 0.1) is 20.8 Å². The molecule has 0 spiro atoms. The van der Waals surface area contributed by atoms with Crippen LogP contribution in [0.2, 0.25) is 0 Å². The molecule has 0 saturated heterocycles. The quantitative estimate of drug-likeness (QED) is 0.819. The average molecular weight is 313 g/mol. The first-order valence-electron chi connectivity index (χ1n) is 7.51. The van der Waals surface area contributed by atoms with E-state index in [1.54, 1.807) is 11.8 Å². The van der Waals surface area contributed by atoms with Gasteiger partial charge in [-0.3, -0.25) is 4.79 Å². The number of rotatable bonds is 5. The van der Waals surface area contributed by atoms with Crippen LogP contribution in [0.5, 0.6) is 0 Å². The molecule has 2 aromatic rings. The van der Waals surface area contributed by atoms with Crippen LogP contribution in [0.3, 0.4) is 0 Å². The zero-order chi connectivity index (χ0) is 16.1. The minimum atomic E-state index is 0.0328. The molecule has 3 heteroatoms. The standard InChI is InChI=1S/C19H23NOS/c1-13-5-9-18(10-6-13)22-12-19(21)20-16(4)17-8-7-14(2)15(3)11-17/h5-11,16H,12H2,1-4H3,(H,20,21). The van der Waals surface area contributed by atoms with Crippen LogP contribution in [0.25, 0.3) is 0 Å². The Balaban J connectivity index is 1.88. The first kappa shape index (κ1) is 16.6. The van der Waals surface area contributed by atoms with Crippen molar-refractivity contribution in [1.82, 2.24) is 5.32 Å². The molecule has 0 aliphatic rings. The van der Waals surface area contributed by atoms with E-state index >= 15 is 0 Å². The highest BCUT2D eigenvalue weighted by Crippen LogP contribution is 2.20. The molecule has 0 fully saturated rings. The van der Waals surface area contributed by atoms with Crippen LogP contribution in [0.1, 0.15) is 35.2 Å². The summed E-state index contributed by atoms with van der Waals surface area (Å²) in [6.07, 6.45) is 0. The topological polar surface area (TPSA) is 29.1 Å². The van der Waals surface area contributed by atoms with E-state index in [2.05, 4.69) is 68.6 Å². The molecule has 0 saturated carbocycles. The zero-order valence-corrected chi connectivity index (χ0v) is 14.5. The van der Waals surface area contributed by atoms with Gasteiger partial charge in [-0.05, 0) is 56.5 Å². The van der Waals surface area contributed by atoms with Crippen molar-refractivity contribution < 1.29 is 4.79 Å². The number of nitrogens with one attached hydrogen (secondary N) is 1. The number of hydrogen-bond donors (Lipinski definition) is 1. The summed E-state index contributed by atoms with van der Waals surface area (Å²) in [5.74, 6) is 0.509. The zero-order valence-electron chi connectivity index (χ0n) is 13.6. The highest BCUT2D eigenvalue weighted by Gasteiger charge is 2.10. The van der Waals surface area contributed by atoms with Crippen LogP contribution in [-0.4, -0.2) is 11.7 Å². The molecule has 0 aliphatic carbocycles. The Morgan fingerprint density at radius 3 is 2.36 bits per heavy atom. The predicted molar refractivity (Wildman–Crippen MR) is 94.4 cm³/mol. The Kier molecular flexibility index (Phi) is 5.67. The second-order valence-electron chi connectivity index (χ2n) is 5.73. The number of hydrogen-bond acceptors (Lipinski definition) is 2. The second-order valence-corrected chi connectivity index (χ2v) is 6.78. The molecule has 1 N–H and O–H groups in total. The molecule has 2 aromatic carbocycles. The molecular weight excluding hydrogens is 290 g/mol. The minimum Gasteiger partial charge on any atom is -0.349 e. The maximum absolute atomic E-state index is 12.1. The van der Waals surface area contributed by atoms with E-state index in [4.69, 9.17) is 0 Å². The van der Waals surface area contributed by atoms with Gasteiger partial charge in [0.15, 0.2) is 0 Å². The van der Waals surface area contributed by atoms with Gasteiger partial charge in [-0.25, -0.2) is 0 Å². The van der Waals surface area contributed by atoms with Gasteiger partial charge in [0.25, 0.3) is 0 Å². The fraction of sp³-hybridized carbons (Fsp3) is 0.316. The number of aryl methyl sites for hydroxylation is 3. The first-order chi connectivity index (χ1) is 10.5. The van der Waals surface area contributed by atoms with Gasteiger partial charge in [0.05, 0.1) is 11.8 Å². The molecule has 2 rings (SSSR count). The predicted octanol–water partition coefficient (Wildman–Crippen LogP) is 4.58. The highest BCUT2D eigenvalue weighted by atomic mass is 32.2. The summed E-state index contributed by atoms with van der Waals surface area (Å²) in [6.45, 7) is 8.28.